The zero-order chi connectivity index (χ0) is 94.7. The molecule has 0 N–H and O–H groups in total. The third-order valence-corrected chi connectivity index (χ3v) is 29.0. The number of oxazole rings is 2. The van der Waals surface area contributed by atoms with E-state index in [1.807, 2.05) is 194 Å². The Balaban J connectivity index is 0.000000114. The lowest BCUT2D eigenvalue weighted by atomic mass is 9.66. The summed E-state index contributed by atoms with van der Waals surface area (Å²) in [6.07, 6.45) is 0. The van der Waals surface area contributed by atoms with Crippen molar-refractivity contribution in [3.63, 3.8) is 0 Å². The average Bonchev–Trinajstić information content (AvgIpc) is 1.53. The van der Waals surface area contributed by atoms with E-state index in [0.717, 1.165) is 171 Å². The van der Waals surface area contributed by atoms with Crippen molar-refractivity contribution < 1.29 is 35.8 Å². The lowest BCUT2D eigenvalue weighted by molar-refractivity contribution is 0.00578. The predicted octanol–water partition coefficient (Wildman–Crippen LogP) is 30.7. The van der Waals surface area contributed by atoms with Gasteiger partial charge in [0.15, 0.2) is 40.3 Å². The zero-order valence-corrected chi connectivity index (χ0v) is 77.8. The molecule has 142 heavy (non-hydrogen) atoms. The van der Waals surface area contributed by atoms with Crippen molar-refractivity contribution in [3.05, 3.63) is 462 Å². The maximum atomic E-state index is 6.52. The molecule has 18 heteroatoms. The predicted molar refractivity (Wildman–Crippen MR) is 564 cm³/mol. The Morgan fingerprint density at radius 2 is 0.486 bits per heavy atom. The van der Waals surface area contributed by atoms with E-state index in [-0.39, 0.29) is 5.28 Å². The van der Waals surface area contributed by atoms with Gasteiger partial charge in [-0.2, -0.15) is 9.97 Å². The van der Waals surface area contributed by atoms with Gasteiger partial charge in [-0.25, -0.2) is 29.9 Å². The Kier molecular flexibility index (Phi) is 19.3. The van der Waals surface area contributed by atoms with Gasteiger partial charge in [0.05, 0.1) is 22.0 Å². The second-order valence-electron chi connectivity index (χ2n) is 37.4. The Bertz CT molecular complexity index is 9210. The number of benzene rings is 18. The molecule has 0 amide bonds. The number of para-hydroxylation sites is 4. The fraction of sp³-hybridized carbons (Fsp3) is 0.0645. The maximum Gasteiger partial charge on any atom is 0.494 e. The normalized spacial score (nSPS) is 14.1. The van der Waals surface area contributed by atoms with Crippen molar-refractivity contribution in [1.82, 2.24) is 39.9 Å². The van der Waals surface area contributed by atoms with E-state index < -0.39 is 29.2 Å². The number of halogens is 1. The molecule has 0 bridgehead atoms. The van der Waals surface area contributed by atoms with Crippen LogP contribution in [0.2, 0.25) is 5.28 Å². The number of hydrogen-bond donors (Lipinski definition) is 0. The van der Waals surface area contributed by atoms with Crippen LogP contribution in [0.1, 0.15) is 72.2 Å². The van der Waals surface area contributed by atoms with E-state index in [2.05, 4.69) is 256 Å². The van der Waals surface area contributed by atoms with Gasteiger partial charge < -0.3 is 35.8 Å². The number of furan rings is 4. The summed E-state index contributed by atoms with van der Waals surface area (Å²) >= 11 is 6.31. The van der Waals surface area contributed by atoms with Gasteiger partial charge in [-0.3, -0.25) is 0 Å². The molecule has 18 aromatic carbocycles. The van der Waals surface area contributed by atoms with Gasteiger partial charge in [-0.05, 0) is 233 Å². The molecule has 1 aliphatic heterocycles. The van der Waals surface area contributed by atoms with Crippen molar-refractivity contribution in [1.29, 1.82) is 0 Å². The second-order valence-corrected chi connectivity index (χ2v) is 37.7. The molecule has 3 aliphatic rings. The standard InChI is InChI=1S/C59H34N4O3.C38H32BNO3.C27H14ClN3O2/c1-2-12-36(13-3-1)58-60-49-31-28-40(34-54(49)66-58)59(47-18-8-4-14-41(47)42-15-5-9-19-48(42)59)39-26-22-35(23-27-39)55-61-56(37-24-29-45-43-16-6-10-20-50(43)64-52(45)32-37)63-57(62-55)38-25-30-46-44-17-7-11-21-51(44)65-53(46)33-38;1-36(2)37(3,4)43-39(42-36)28-21-18-26(19-22-28)38(31-16-10-8-14-29(31)30-15-9-11-17-32(30)38)27-20-23-33-34(24-27)41-35(40-33)25-12-6-5-7-13-25;28-27-30-25(15-9-11-19-17-5-1-3-7-21(17)32-23(19)13-15)29-26(31-27)16-10-12-20-18-6-2-4-8-22(18)33-24(20)14-16/h1-34H;5-24H,1-4H3;1-14H. The summed E-state index contributed by atoms with van der Waals surface area (Å²) in [4.78, 5) is 38.6. The van der Waals surface area contributed by atoms with E-state index in [0.29, 0.717) is 40.9 Å². The van der Waals surface area contributed by atoms with E-state index in [9.17, 15) is 0 Å². The topological polar surface area (TPSA) is 200 Å². The molecule has 26 aromatic rings. The van der Waals surface area contributed by atoms with Crippen molar-refractivity contribution in [2.45, 2.75) is 49.7 Å². The van der Waals surface area contributed by atoms with E-state index >= 15 is 0 Å². The van der Waals surface area contributed by atoms with Crippen LogP contribution in [0.4, 0.5) is 0 Å². The van der Waals surface area contributed by atoms with Gasteiger partial charge >= 0.3 is 7.12 Å². The Labute approximate surface area is 818 Å². The molecule has 16 nitrogen and oxygen atoms in total. The number of fused-ring (bicyclic) bond motifs is 20. The largest absolute Gasteiger partial charge is 0.494 e. The van der Waals surface area contributed by atoms with Gasteiger partial charge in [0.2, 0.25) is 17.1 Å². The minimum absolute atomic E-state index is 0.129. The van der Waals surface area contributed by atoms with Crippen LogP contribution in [0.3, 0.4) is 0 Å². The molecule has 0 unspecified atom stereocenters. The van der Waals surface area contributed by atoms with Crippen LogP contribution in [-0.4, -0.2) is 58.2 Å². The summed E-state index contributed by atoms with van der Waals surface area (Å²) in [7, 11) is -0.417. The first-order valence-corrected chi connectivity index (χ1v) is 47.8. The van der Waals surface area contributed by atoms with Crippen LogP contribution in [0.25, 0.3) is 212 Å². The zero-order valence-electron chi connectivity index (χ0n) is 77.1. The fourth-order valence-electron chi connectivity index (χ4n) is 21.3. The molecule has 0 radical (unpaired) electrons. The number of nitrogens with zero attached hydrogens (tertiary/aromatic N) is 8. The van der Waals surface area contributed by atoms with Crippen molar-refractivity contribution >= 4 is 134 Å². The first-order chi connectivity index (χ1) is 69.7. The summed E-state index contributed by atoms with van der Waals surface area (Å²) in [5.41, 5.74) is 28.9. The first kappa shape index (κ1) is 83.7. The Morgan fingerprint density at radius 1 is 0.211 bits per heavy atom. The van der Waals surface area contributed by atoms with Crippen LogP contribution in [0, 0.1) is 0 Å². The molecule has 674 valence electrons. The number of aromatic nitrogens is 8. The smallest absolute Gasteiger partial charge is 0.456 e. The van der Waals surface area contributed by atoms with Gasteiger partial charge in [0.25, 0.3) is 0 Å². The Morgan fingerprint density at radius 3 is 0.831 bits per heavy atom. The molecule has 8 aromatic heterocycles. The lowest BCUT2D eigenvalue weighted by Gasteiger charge is -2.34. The molecule has 0 saturated carbocycles. The lowest BCUT2D eigenvalue weighted by Crippen LogP contribution is -2.41. The van der Waals surface area contributed by atoms with E-state index in [1.54, 1.807) is 0 Å². The quantitative estimate of drug-likeness (QED) is 0.104. The first-order valence-electron chi connectivity index (χ1n) is 47.4. The monoisotopic (exact) mass is 1850 g/mol. The molecule has 0 spiro atoms. The third kappa shape index (κ3) is 13.7. The summed E-state index contributed by atoms with van der Waals surface area (Å²) < 4.78 is 50.4. The van der Waals surface area contributed by atoms with Crippen LogP contribution in [-0.2, 0) is 20.1 Å². The molecular weight excluding hydrogens is 1780 g/mol. The molecule has 9 heterocycles. The van der Waals surface area contributed by atoms with Crippen LogP contribution < -0.4 is 5.46 Å². The number of hydrogen-bond acceptors (Lipinski definition) is 16. The number of rotatable bonds is 12. The highest BCUT2D eigenvalue weighted by Gasteiger charge is 2.53. The summed E-state index contributed by atoms with van der Waals surface area (Å²) in [5, 5.41) is 8.59. The summed E-state index contributed by atoms with van der Waals surface area (Å²) in [6.45, 7) is 8.36. The molecule has 1 saturated heterocycles. The maximum absolute atomic E-state index is 6.52. The molecular formula is C124H80BClN8O8. The highest BCUT2D eigenvalue weighted by molar-refractivity contribution is 6.62. The van der Waals surface area contributed by atoms with Crippen LogP contribution in [0.15, 0.2) is 439 Å². The van der Waals surface area contributed by atoms with Crippen molar-refractivity contribution in [2.75, 3.05) is 0 Å². The van der Waals surface area contributed by atoms with Gasteiger partial charge in [-0.1, -0.05) is 291 Å². The van der Waals surface area contributed by atoms with Gasteiger partial charge in [0, 0.05) is 82.0 Å². The third-order valence-electron chi connectivity index (χ3n) is 28.8. The van der Waals surface area contributed by atoms with Crippen LogP contribution in [0.5, 0.6) is 0 Å². The molecule has 2 aliphatic carbocycles. The summed E-state index contributed by atoms with van der Waals surface area (Å²) in [6, 6.07) is 142. The second kappa shape index (κ2) is 32.8. The molecule has 1 fully saturated rings. The fourth-order valence-corrected chi connectivity index (χ4v) is 21.5. The van der Waals surface area contributed by atoms with Crippen LogP contribution >= 0.6 is 11.6 Å². The van der Waals surface area contributed by atoms with Crippen molar-refractivity contribution in [3.8, 4) is 102 Å². The molecule has 29 rings (SSSR count). The highest BCUT2D eigenvalue weighted by Crippen LogP contribution is 2.59. The van der Waals surface area contributed by atoms with E-state index in [1.165, 1.54) is 50.1 Å². The van der Waals surface area contributed by atoms with E-state index in [4.69, 9.17) is 77.3 Å². The Hall–Kier alpha value is -17.6. The van der Waals surface area contributed by atoms with Crippen molar-refractivity contribution in [2.24, 2.45) is 0 Å². The average molecular weight is 1860 g/mol. The van der Waals surface area contributed by atoms with Gasteiger partial charge in [-0.15, -0.1) is 0 Å². The SMILES string of the molecule is CC1(C)OB(c2ccc(C3(c4ccc5nc(-c6ccccc6)oc5c4)c4ccccc4-c4ccccc43)cc2)OC1(C)C.Clc1nc(-c2ccc3c(c2)oc2ccccc23)nc(-c2ccc3c(c2)oc2ccccc23)n1.c1ccc(-c2nc3ccc(C4(c5ccc(-c6nc(-c7ccc8c(c7)oc7ccccc78)nc(-c7ccc8c(c7)oc7ccccc78)n6)cc5)c5ccccc5-c5ccccc54)cc3o2)cc1. The highest BCUT2D eigenvalue weighted by atomic mass is 35.5. The minimum Gasteiger partial charge on any atom is -0.456 e. The molecule has 0 atom stereocenters. The summed E-state index contributed by atoms with van der Waals surface area (Å²) in [5.74, 6) is 3.82. The van der Waals surface area contributed by atoms with Gasteiger partial charge in [0.1, 0.15) is 55.7 Å². The minimum atomic E-state index is -0.668.